The van der Waals surface area contributed by atoms with Crippen LogP contribution in [0.1, 0.15) is 33.1 Å². The van der Waals surface area contributed by atoms with Crippen LogP contribution in [0.25, 0.3) is 0 Å². The fourth-order valence-corrected chi connectivity index (χ4v) is 2.85. The summed E-state index contributed by atoms with van der Waals surface area (Å²) in [5, 5.41) is 0. The number of amides is 2. The highest BCUT2D eigenvalue weighted by Crippen LogP contribution is 2.23. The second-order valence-corrected chi connectivity index (χ2v) is 5.05. The van der Waals surface area contributed by atoms with Crippen molar-refractivity contribution in [2.24, 2.45) is 0 Å². The monoisotopic (exact) mass is 254 g/mol. The smallest absolute Gasteiger partial charge is 0.245 e. The third-order valence-electron chi connectivity index (χ3n) is 3.69. The van der Waals surface area contributed by atoms with E-state index >= 15 is 0 Å². The van der Waals surface area contributed by atoms with E-state index in [2.05, 4.69) is 0 Å². The fourth-order valence-electron chi connectivity index (χ4n) is 2.85. The Bertz CT molecular complexity index is 332. The van der Waals surface area contributed by atoms with Crippen molar-refractivity contribution in [1.82, 2.24) is 9.80 Å². The average Bonchev–Trinajstić information content (AvgIpc) is 2.79. The van der Waals surface area contributed by atoms with Crippen LogP contribution in [0, 0.1) is 0 Å². The highest BCUT2D eigenvalue weighted by molar-refractivity contribution is 5.90. The van der Waals surface area contributed by atoms with Gasteiger partial charge in [-0.25, -0.2) is 0 Å². The lowest BCUT2D eigenvalue weighted by atomic mass is 10.2. The highest BCUT2D eigenvalue weighted by Gasteiger charge is 2.39. The van der Waals surface area contributed by atoms with Gasteiger partial charge in [-0.05, 0) is 26.7 Å². The molecule has 2 amide bonds. The molecule has 0 N–H and O–H groups in total. The topological polar surface area (TPSA) is 49.9 Å². The zero-order valence-corrected chi connectivity index (χ0v) is 11.2. The van der Waals surface area contributed by atoms with Crippen LogP contribution in [0.15, 0.2) is 0 Å². The predicted octanol–water partition coefficient (Wildman–Crippen LogP) is 0.635. The summed E-state index contributed by atoms with van der Waals surface area (Å²) >= 11 is 0. The van der Waals surface area contributed by atoms with Crippen LogP contribution in [-0.2, 0) is 14.3 Å². The van der Waals surface area contributed by atoms with E-state index < -0.39 is 0 Å². The van der Waals surface area contributed by atoms with E-state index in [1.807, 2.05) is 13.8 Å². The summed E-state index contributed by atoms with van der Waals surface area (Å²) in [7, 11) is 0. The van der Waals surface area contributed by atoms with E-state index in [0.29, 0.717) is 26.1 Å². The van der Waals surface area contributed by atoms with Crippen molar-refractivity contribution in [2.75, 3.05) is 26.2 Å². The Hall–Kier alpha value is -1.10. The second kappa shape index (κ2) is 5.69. The molecule has 5 heteroatoms. The van der Waals surface area contributed by atoms with E-state index in [-0.39, 0.29) is 24.0 Å². The lowest BCUT2D eigenvalue weighted by Gasteiger charge is -2.27. The number of hydrogen-bond donors (Lipinski definition) is 0. The Kier molecular flexibility index (Phi) is 4.22. The zero-order chi connectivity index (χ0) is 13.1. The number of ether oxygens (including phenoxy) is 1. The number of carbonyl (C=O) groups is 2. The Morgan fingerprint density at radius 3 is 2.89 bits per heavy atom. The van der Waals surface area contributed by atoms with Gasteiger partial charge in [0, 0.05) is 32.7 Å². The third kappa shape index (κ3) is 2.66. The molecule has 0 bridgehead atoms. The largest absolute Gasteiger partial charge is 0.377 e. The quantitative estimate of drug-likeness (QED) is 0.739. The molecule has 0 aromatic carbocycles. The molecule has 102 valence electrons. The van der Waals surface area contributed by atoms with Gasteiger partial charge in [0.25, 0.3) is 0 Å². The van der Waals surface area contributed by atoms with Crippen LogP contribution < -0.4 is 0 Å². The van der Waals surface area contributed by atoms with E-state index in [1.165, 1.54) is 0 Å². The zero-order valence-electron chi connectivity index (χ0n) is 11.2. The molecular weight excluding hydrogens is 232 g/mol. The van der Waals surface area contributed by atoms with Crippen molar-refractivity contribution in [1.29, 1.82) is 0 Å². The average molecular weight is 254 g/mol. The minimum atomic E-state index is -0.214. The lowest BCUT2D eigenvalue weighted by molar-refractivity contribution is -0.140. The van der Waals surface area contributed by atoms with Crippen LogP contribution in [-0.4, -0.2) is 60.0 Å². The third-order valence-corrected chi connectivity index (χ3v) is 3.69. The second-order valence-electron chi connectivity index (χ2n) is 5.05. The van der Waals surface area contributed by atoms with Crippen LogP contribution >= 0.6 is 0 Å². The number of fused-ring (bicyclic) bond motifs is 1. The van der Waals surface area contributed by atoms with Crippen molar-refractivity contribution in [3.63, 3.8) is 0 Å². The van der Waals surface area contributed by atoms with E-state index in [1.54, 1.807) is 9.80 Å². The highest BCUT2D eigenvalue weighted by atomic mass is 16.5. The predicted molar refractivity (Wildman–Crippen MR) is 67.0 cm³/mol. The summed E-state index contributed by atoms with van der Waals surface area (Å²) < 4.78 is 5.48. The summed E-state index contributed by atoms with van der Waals surface area (Å²) in [6.07, 6.45) is 2.23. The molecule has 0 radical (unpaired) electrons. The lowest BCUT2D eigenvalue weighted by Crippen LogP contribution is -2.45. The van der Waals surface area contributed by atoms with Gasteiger partial charge in [0.1, 0.15) is 6.04 Å². The first-order valence-electron chi connectivity index (χ1n) is 6.83. The summed E-state index contributed by atoms with van der Waals surface area (Å²) in [6.45, 7) is 6.42. The molecule has 2 saturated heterocycles. The molecule has 0 saturated carbocycles. The van der Waals surface area contributed by atoms with Crippen LogP contribution in [0.4, 0.5) is 0 Å². The molecule has 0 aromatic rings. The van der Waals surface area contributed by atoms with Crippen molar-refractivity contribution in [3.05, 3.63) is 0 Å². The molecule has 0 aromatic heterocycles. The van der Waals surface area contributed by atoms with Crippen LogP contribution in [0.2, 0.25) is 0 Å². The summed E-state index contributed by atoms with van der Waals surface area (Å²) in [5.41, 5.74) is 0. The van der Waals surface area contributed by atoms with Crippen molar-refractivity contribution < 1.29 is 14.3 Å². The number of nitrogens with zero attached hydrogens (tertiary/aromatic N) is 2. The normalized spacial score (nSPS) is 26.2. The summed E-state index contributed by atoms with van der Waals surface area (Å²) in [5.74, 6) is 0.224. The minimum Gasteiger partial charge on any atom is -0.377 e. The van der Waals surface area contributed by atoms with Gasteiger partial charge < -0.3 is 14.5 Å². The first-order valence-corrected chi connectivity index (χ1v) is 6.83. The molecule has 2 atom stereocenters. The van der Waals surface area contributed by atoms with E-state index in [0.717, 1.165) is 19.4 Å². The van der Waals surface area contributed by atoms with E-state index in [9.17, 15) is 9.59 Å². The Labute approximate surface area is 108 Å². The number of rotatable bonds is 4. The SMILES string of the molecule is CCOC(C)CN1CCC(=O)N2CCCC2C1=O. The summed E-state index contributed by atoms with van der Waals surface area (Å²) in [6, 6.07) is -0.214. The van der Waals surface area contributed by atoms with E-state index in [4.69, 9.17) is 4.74 Å². The fraction of sp³-hybridized carbons (Fsp3) is 0.846. The molecule has 2 fully saturated rings. The van der Waals surface area contributed by atoms with Gasteiger partial charge >= 0.3 is 0 Å². The molecule has 2 aliphatic heterocycles. The number of carbonyl (C=O) groups excluding carboxylic acids is 2. The molecule has 2 aliphatic rings. The van der Waals surface area contributed by atoms with Crippen molar-refractivity contribution >= 4 is 11.8 Å². The first-order chi connectivity index (χ1) is 8.63. The maximum Gasteiger partial charge on any atom is 0.245 e. The summed E-state index contributed by atoms with van der Waals surface area (Å²) in [4.78, 5) is 27.9. The maximum absolute atomic E-state index is 12.4. The Morgan fingerprint density at radius 2 is 2.17 bits per heavy atom. The maximum atomic E-state index is 12.4. The van der Waals surface area contributed by atoms with Gasteiger partial charge in [-0.2, -0.15) is 0 Å². The molecule has 2 unspecified atom stereocenters. The van der Waals surface area contributed by atoms with Crippen molar-refractivity contribution in [2.45, 2.75) is 45.3 Å². The first kappa shape index (κ1) is 13.3. The Balaban J connectivity index is 2.03. The standard InChI is InChI=1S/C13H22N2O3/c1-3-18-10(2)9-14-8-6-12(16)15-7-4-5-11(15)13(14)17/h10-11H,3-9H2,1-2H3. The van der Waals surface area contributed by atoms with Gasteiger partial charge in [-0.15, -0.1) is 0 Å². The molecule has 2 rings (SSSR count). The van der Waals surface area contributed by atoms with Gasteiger partial charge in [0.05, 0.1) is 6.10 Å². The molecule has 2 heterocycles. The van der Waals surface area contributed by atoms with Gasteiger partial charge in [-0.1, -0.05) is 0 Å². The molecule has 18 heavy (non-hydrogen) atoms. The van der Waals surface area contributed by atoms with Gasteiger partial charge in [0.15, 0.2) is 0 Å². The molecule has 0 aliphatic carbocycles. The Morgan fingerprint density at radius 1 is 1.39 bits per heavy atom. The number of hydrogen-bond acceptors (Lipinski definition) is 3. The van der Waals surface area contributed by atoms with Crippen LogP contribution in [0.5, 0.6) is 0 Å². The van der Waals surface area contributed by atoms with Gasteiger partial charge in [-0.3, -0.25) is 9.59 Å². The van der Waals surface area contributed by atoms with Gasteiger partial charge in [0.2, 0.25) is 11.8 Å². The minimum absolute atomic E-state index is 0.0296. The van der Waals surface area contributed by atoms with Crippen LogP contribution in [0.3, 0.4) is 0 Å². The molecular formula is C13H22N2O3. The van der Waals surface area contributed by atoms with Crippen molar-refractivity contribution in [3.8, 4) is 0 Å². The molecule has 0 spiro atoms. The molecule has 5 nitrogen and oxygen atoms in total.